The lowest BCUT2D eigenvalue weighted by Crippen LogP contribution is -2.40. The molecule has 3 rings (SSSR count). The molecular formula is C21H25ClN2O4S. The van der Waals surface area contributed by atoms with Crippen molar-refractivity contribution in [1.82, 2.24) is 5.32 Å². The Balaban J connectivity index is 1.62. The highest BCUT2D eigenvalue weighted by molar-refractivity contribution is 7.92. The first-order chi connectivity index (χ1) is 13.7. The van der Waals surface area contributed by atoms with Crippen LogP contribution in [0.5, 0.6) is 5.75 Å². The van der Waals surface area contributed by atoms with Gasteiger partial charge in [-0.25, -0.2) is 8.42 Å². The molecule has 0 bridgehead atoms. The van der Waals surface area contributed by atoms with E-state index >= 15 is 0 Å². The number of nitrogens with zero attached hydrogens (tertiary/aromatic N) is 1. The number of halogens is 1. The molecule has 156 valence electrons. The standard InChI is InChI=1S/C21H25ClN2O4S/c1-15-5-3-6-16(13-15)7-4-11-23-21(25)20-10-12-24(29(2,26)27)18-14-17(22)8-9-19(18)28-20/h3,5-6,8-9,13-14,20H,4,7,10-12H2,1-2H3,(H,23,25). The van der Waals surface area contributed by atoms with Crippen LogP contribution in [0.1, 0.15) is 24.0 Å². The molecule has 0 radical (unpaired) electrons. The van der Waals surface area contributed by atoms with E-state index in [2.05, 4.69) is 30.4 Å². The zero-order valence-electron chi connectivity index (χ0n) is 16.5. The monoisotopic (exact) mass is 436 g/mol. The van der Waals surface area contributed by atoms with Gasteiger partial charge in [0.1, 0.15) is 5.75 Å². The van der Waals surface area contributed by atoms with E-state index in [-0.39, 0.29) is 18.9 Å². The second-order valence-electron chi connectivity index (χ2n) is 7.23. The van der Waals surface area contributed by atoms with Crippen molar-refractivity contribution in [3.63, 3.8) is 0 Å². The summed E-state index contributed by atoms with van der Waals surface area (Å²) in [5, 5.41) is 3.31. The molecule has 2 aromatic carbocycles. The molecule has 0 aromatic heterocycles. The second-order valence-corrected chi connectivity index (χ2v) is 9.57. The van der Waals surface area contributed by atoms with Crippen molar-refractivity contribution in [3.05, 3.63) is 58.6 Å². The maximum atomic E-state index is 12.6. The number of benzene rings is 2. The Morgan fingerprint density at radius 2 is 2.07 bits per heavy atom. The lowest BCUT2D eigenvalue weighted by molar-refractivity contribution is -0.128. The summed E-state index contributed by atoms with van der Waals surface area (Å²) < 4.78 is 31.5. The van der Waals surface area contributed by atoms with Crippen LogP contribution in [0.25, 0.3) is 0 Å². The SMILES string of the molecule is Cc1cccc(CCCNC(=O)C2CCN(S(C)(=O)=O)c3cc(Cl)ccc3O2)c1. The summed E-state index contributed by atoms with van der Waals surface area (Å²) >= 11 is 6.03. The molecule has 1 aliphatic rings. The van der Waals surface area contributed by atoms with Crippen LogP contribution in [0, 0.1) is 6.92 Å². The molecule has 0 saturated heterocycles. The van der Waals surface area contributed by atoms with Gasteiger partial charge in [0, 0.05) is 24.5 Å². The lowest BCUT2D eigenvalue weighted by atomic mass is 10.1. The first kappa shape index (κ1) is 21.5. The van der Waals surface area contributed by atoms with E-state index in [1.807, 2.05) is 6.07 Å². The topological polar surface area (TPSA) is 75.7 Å². The van der Waals surface area contributed by atoms with E-state index in [1.165, 1.54) is 15.4 Å². The van der Waals surface area contributed by atoms with E-state index in [9.17, 15) is 13.2 Å². The Hall–Kier alpha value is -2.25. The van der Waals surface area contributed by atoms with Gasteiger partial charge in [-0.1, -0.05) is 41.4 Å². The molecule has 0 fully saturated rings. The molecule has 1 heterocycles. The van der Waals surface area contributed by atoms with E-state index < -0.39 is 16.1 Å². The highest BCUT2D eigenvalue weighted by Crippen LogP contribution is 2.36. The Labute approximate surface area is 176 Å². The zero-order valence-corrected chi connectivity index (χ0v) is 18.1. The molecule has 1 amide bonds. The quantitative estimate of drug-likeness (QED) is 0.705. The molecule has 1 unspecified atom stereocenters. The van der Waals surface area contributed by atoms with Gasteiger partial charge in [0.2, 0.25) is 10.0 Å². The molecule has 0 aliphatic carbocycles. The largest absolute Gasteiger partial charge is 0.478 e. The Morgan fingerprint density at radius 3 is 2.79 bits per heavy atom. The molecule has 6 nitrogen and oxygen atoms in total. The fraction of sp³-hybridized carbons (Fsp3) is 0.381. The maximum absolute atomic E-state index is 12.6. The number of hydrogen-bond acceptors (Lipinski definition) is 4. The van der Waals surface area contributed by atoms with E-state index in [0.29, 0.717) is 23.0 Å². The summed E-state index contributed by atoms with van der Waals surface area (Å²) in [5.41, 5.74) is 2.81. The van der Waals surface area contributed by atoms with Crippen molar-refractivity contribution in [2.45, 2.75) is 32.3 Å². The van der Waals surface area contributed by atoms with Crippen molar-refractivity contribution < 1.29 is 17.9 Å². The number of rotatable bonds is 6. The van der Waals surface area contributed by atoms with Gasteiger partial charge < -0.3 is 10.1 Å². The summed E-state index contributed by atoms with van der Waals surface area (Å²) in [5.74, 6) is 0.0859. The predicted octanol–water partition coefficient (Wildman–Crippen LogP) is 3.31. The number of nitrogens with one attached hydrogen (secondary N) is 1. The van der Waals surface area contributed by atoms with E-state index in [0.717, 1.165) is 19.1 Å². The van der Waals surface area contributed by atoms with Crippen LogP contribution in [0.15, 0.2) is 42.5 Å². The van der Waals surface area contributed by atoms with Gasteiger partial charge in [-0.05, 0) is 43.5 Å². The number of aryl methyl sites for hydroxylation is 2. The van der Waals surface area contributed by atoms with Crippen molar-refractivity contribution in [1.29, 1.82) is 0 Å². The molecule has 1 N–H and O–H groups in total. The molecule has 29 heavy (non-hydrogen) atoms. The van der Waals surface area contributed by atoms with Gasteiger partial charge >= 0.3 is 0 Å². The molecule has 0 spiro atoms. The third kappa shape index (κ3) is 5.64. The van der Waals surface area contributed by atoms with Crippen LogP contribution >= 0.6 is 11.6 Å². The lowest BCUT2D eigenvalue weighted by Gasteiger charge is -2.21. The maximum Gasteiger partial charge on any atom is 0.261 e. The molecule has 8 heteroatoms. The van der Waals surface area contributed by atoms with Crippen LogP contribution in [0.4, 0.5) is 5.69 Å². The molecule has 1 atom stereocenters. The highest BCUT2D eigenvalue weighted by Gasteiger charge is 2.31. The number of ether oxygens (including phenoxy) is 1. The van der Waals surface area contributed by atoms with Crippen molar-refractivity contribution >= 4 is 33.2 Å². The summed E-state index contributed by atoms with van der Waals surface area (Å²) in [4.78, 5) is 12.6. The third-order valence-electron chi connectivity index (χ3n) is 4.77. The van der Waals surface area contributed by atoms with Gasteiger partial charge in [-0.3, -0.25) is 9.10 Å². The van der Waals surface area contributed by atoms with E-state index in [1.54, 1.807) is 18.2 Å². The average Bonchev–Trinajstić information content (AvgIpc) is 2.84. The molecular weight excluding hydrogens is 412 g/mol. The number of sulfonamides is 1. The molecule has 0 saturated carbocycles. The minimum absolute atomic E-state index is 0.146. The van der Waals surface area contributed by atoms with Crippen LogP contribution in [0.3, 0.4) is 0 Å². The number of anilines is 1. The van der Waals surface area contributed by atoms with Gasteiger partial charge in [-0.15, -0.1) is 0 Å². The van der Waals surface area contributed by atoms with Gasteiger partial charge in [0.25, 0.3) is 5.91 Å². The predicted molar refractivity (Wildman–Crippen MR) is 115 cm³/mol. The minimum atomic E-state index is -3.52. The number of hydrogen-bond donors (Lipinski definition) is 1. The highest BCUT2D eigenvalue weighted by atomic mass is 35.5. The summed E-state index contributed by atoms with van der Waals surface area (Å²) in [6.07, 6.45) is 2.30. The van der Waals surface area contributed by atoms with Crippen molar-refractivity contribution in [2.75, 3.05) is 23.7 Å². The average molecular weight is 437 g/mol. The number of fused-ring (bicyclic) bond motifs is 1. The normalized spacial score (nSPS) is 16.5. The smallest absolute Gasteiger partial charge is 0.261 e. The second kappa shape index (κ2) is 9.05. The van der Waals surface area contributed by atoms with Crippen LogP contribution in [-0.2, 0) is 21.2 Å². The summed E-state index contributed by atoms with van der Waals surface area (Å²) in [7, 11) is -3.52. The Morgan fingerprint density at radius 1 is 1.28 bits per heavy atom. The number of amides is 1. The van der Waals surface area contributed by atoms with Crippen LogP contribution in [0.2, 0.25) is 5.02 Å². The van der Waals surface area contributed by atoms with Crippen LogP contribution in [-0.4, -0.2) is 39.8 Å². The summed E-state index contributed by atoms with van der Waals surface area (Å²) in [6, 6.07) is 13.0. The number of carbonyl (C=O) groups excluding carboxylic acids is 1. The Kier molecular flexibility index (Phi) is 6.70. The van der Waals surface area contributed by atoms with Crippen LogP contribution < -0.4 is 14.4 Å². The van der Waals surface area contributed by atoms with Gasteiger partial charge in [-0.2, -0.15) is 0 Å². The van der Waals surface area contributed by atoms with E-state index in [4.69, 9.17) is 16.3 Å². The van der Waals surface area contributed by atoms with Crippen molar-refractivity contribution in [2.24, 2.45) is 0 Å². The fourth-order valence-corrected chi connectivity index (χ4v) is 4.47. The fourth-order valence-electron chi connectivity index (χ4n) is 3.37. The minimum Gasteiger partial charge on any atom is -0.478 e. The van der Waals surface area contributed by atoms with Gasteiger partial charge in [0.05, 0.1) is 11.9 Å². The first-order valence-electron chi connectivity index (χ1n) is 9.51. The third-order valence-corrected chi connectivity index (χ3v) is 6.19. The molecule has 1 aliphatic heterocycles. The van der Waals surface area contributed by atoms with Crippen molar-refractivity contribution in [3.8, 4) is 5.75 Å². The zero-order chi connectivity index (χ0) is 21.0. The number of carbonyl (C=O) groups is 1. The summed E-state index contributed by atoms with van der Waals surface area (Å²) in [6.45, 7) is 2.73. The molecule has 2 aromatic rings. The Bertz CT molecular complexity index is 994. The van der Waals surface area contributed by atoms with Gasteiger partial charge in [0.15, 0.2) is 6.10 Å². The first-order valence-corrected chi connectivity index (χ1v) is 11.7.